The third kappa shape index (κ3) is 5.79. The molecule has 6 nitrogen and oxygen atoms in total. The van der Waals surface area contributed by atoms with Crippen LogP contribution in [0.15, 0.2) is 243 Å². The Labute approximate surface area is 424 Å². The first-order valence-electron chi connectivity index (χ1n) is 24.9. The number of rotatable bonds is 6. The summed E-state index contributed by atoms with van der Waals surface area (Å²) in [7, 11) is 0. The second-order valence-corrected chi connectivity index (χ2v) is 19.0. The maximum atomic E-state index is 11.9. The monoisotopic (exact) mass is 940 g/mol. The molecule has 0 spiro atoms. The summed E-state index contributed by atoms with van der Waals surface area (Å²) in [5.41, 5.74) is 15.9. The van der Waals surface area contributed by atoms with Gasteiger partial charge < -0.3 is 18.3 Å². The lowest BCUT2D eigenvalue weighted by molar-refractivity contribution is 1.12. The molecule has 0 radical (unpaired) electrons. The lowest BCUT2D eigenvalue weighted by Gasteiger charge is -2.20. The van der Waals surface area contributed by atoms with E-state index >= 15 is 0 Å². The van der Waals surface area contributed by atoms with Crippen molar-refractivity contribution in [3.05, 3.63) is 254 Å². The standard InChI is InChI=1S/C68H40N6/c69-41-54-62(73-58-33-16-12-29-52(58)65-60(73)37-35-50-48-27-10-14-31-56(48)71(67(50)65)46-23-6-2-7-24-46)40-63(55(42-70)64(54)45-22-18-21-44(39-45)43-19-4-1-5-20-43)74-59-34-17-13-30-53(59)66-61(74)38-36-51-49-28-11-15-32-57(49)72(68(51)66)47-25-8-3-9-26-47/h1-40H. The van der Waals surface area contributed by atoms with Crippen LogP contribution in [0.5, 0.6) is 0 Å². The molecule has 0 aliphatic heterocycles. The minimum atomic E-state index is 0.411. The molecule has 0 fully saturated rings. The molecule has 0 unspecified atom stereocenters. The number of benzene rings is 11. The Kier molecular flexibility index (Phi) is 8.99. The largest absolute Gasteiger partial charge is 0.309 e. The predicted molar refractivity (Wildman–Crippen MR) is 304 cm³/mol. The molecule has 342 valence electrons. The van der Waals surface area contributed by atoms with Crippen LogP contribution in [0.3, 0.4) is 0 Å². The Morgan fingerprint density at radius 3 is 1.11 bits per heavy atom. The van der Waals surface area contributed by atoms with Gasteiger partial charge in [-0.25, -0.2) is 0 Å². The van der Waals surface area contributed by atoms with Crippen molar-refractivity contribution >= 4 is 87.2 Å². The highest BCUT2D eigenvalue weighted by atomic mass is 15.0. The van der Waals surface area contributed by atoms with E-state index in [0.29, 0.717) is 28.1 Å². The molecule has 6 heteroatoms. The second-order valence-electron chi connectivity index (χ2n) is 19.0. The van der Waals surface area contributed by atoms with Gasteiger partial charge in [0.15, 0.2) is 0 Å². The fourth-order valence-corrected chi connectivity index (χ4v) is 12.2. The number of hydrogen-bond donors (Lipinski definition) is 0. The van der Waals surface area contributed by atoms with Crippen molar-refractivity contribution in [1.29, 1.82) is 10.5 Å². The zero-order chi connectivity index (χ0) is 49.0. The normalized spacial score (nSPS) is 11.8. The smallest absolute Gasteiger partial charge is 0.102 e. The maximum absolute atomic E-state index is 11.9. The molecule has 0 saturated heterocycles. The summed E-state index contributed by atoms with van der Waals surface area (Å²) in [6.07, 6.45) is 0. The molecule has 74 heavy (non-hydrogen) atoms. The number of para-hydroxylation sites is 6. The molecule has 0 aliphatic carbocycles. The number of nitriles is 2. The zero-order valence-corrected chi connectivity index (χ0v) is 39.8. The number of aromatic nitrogens is 4. The van der Waals surface area contributed by atoms with E-state index in [4.69, 9.17) is 0 Å². The topological polar surface area (TPSA) is 67.3 Å². The zero-order valence-electron chi connectivity index (χ0n) is 39.8. The highest BCUT2D eigenvalue weighted by Crippen LogP contribution is 2.47. The van der Waals surface area contributed by atoms with Crippen LogP contribution in [0.1, 0.15) is 11.1 Å². The van der Waals surface area contributed by atoms with Gasteiger partial charge in [0.05, 0.1) is 66.6 Å². The van der Waals surface area contributed by atoms with Gasteiger partial charge in [0, 0.05) is 60.0 Å². The van der Waals surface area contributed by atoms with E-state index in [1.807, 2.05) is 30.3 Å². The van der Waals surface area contributed by atoms with Gasteiger partial charge in [-0.2, -0.15) is 10.5 Å². The van der Waals surface area contributed by atoms with Gasteiger partial charge in [-0.1, -0.05) is 170 Å². The summed E-state index contributed by atoms with van der Waals surface area (Å²) in [4.78, 5) is 0. The second kappa shape index (κ2) is 16.1. The molecule has 0 bridgehead atoms. The van der Waals surface area contributed by atoms with E-state index in [-0.39, 0.29) is 0 Å². The Balaban J connectivity index is 1.12. The Hall–Kier alpha value is -10.4. The number of hydrogen-bond acceptors (Lipinski definition) is 2. The first-order valence-corrected chi connectivity index (χ1v) is 24.9. The molecule has 11 aromatic carbocycles. The summed E-state index contributed by atoms with van der Waals surface area (Å²) in [6, 6.07) is 90.5. The average Bonchev–Trinajstić information content (AvgIpc) is 4.28. The van der Waals surface area contributed by atoms with E-state index in [0.717, 1.165) is 115 Å². The van der Waals surface area contributed by atoms with Crippen molar-refractivity contribution in [2.24, 2.45) is 0 Å². The van der Waals surface area contributed by atoms with Gasteiger partial charge in [-0.15, -0.1) is 0 Å². The maximum Gasteiger partial charge on any atom is 0.102 e. The quantitative estimate of drug-likeness (QED) is 0.167. The van der Waals surface area contributed by atoms with E-state index < -0.39 is 0 Å². The summed E-state index contributed by atoms with van der Waals surface area (Å²) in [6.45, 7) is 0. The molecule has 0 aliphatic rings. The van der Waals surface area contributed by atoms with Crippen molar-refractivity contribution in [2.45, 2.75) is 0 Å². The SMILES string of the molecule is N#Cc1c(-n2c3ccccc3c3c2ccc2c4ccccc4n(-c4ccccc4)c23)cc(-n2c3ccccc3c3c2ccc2c4ccccc4n(-c4ccccc4)c23)c(C#N)c1-c1cccc(-c2ccccc2)c1. The van der Waals surface area contributed by atoms with Crippen LogP contribution in [-0.4, -0.2) is 18.3 Å². The summed E-state index contributed by atoms with van der Waals surface area (Å²) in [5.74, 6) is 0. The average molecular weight is 941 g/mol. The van der Waals surface area contributed by atoms with Gasteiger partial charge in [-0.3, -0.25) is 0 Å². The third-order valence-electron chi connectivity index (χ3n) is 15.2. The minimum Gasteiger partial charge on any atom is -0.309 e. The van der Waals surface area contributed by atoms with Crippen LogP contribution in [0, 0.1) is 22.7 Å². The Morgan fingerprint density at radius 1 is 0.270 bits per heavy atom. The molecule has 4 heterocycles. The fourth-order valence-electron chi connectivity index (χ4n) is 12.2. The molecule has 15 aromatic rings. The Bertz CT molecular complexity index is 4630. The van der Waals surface area contributed by atoms with E-state index in [9.17, 15) is 10.5 Å². The van der Waals surface area contributed by atoms with Crippen molar-refractivity contribution in [1.82, 2.24) is 18.3 Å². The minimum absolute atomic E-state index is 0.411. The highest BCUT2D eigenvalue weighted by molar-refractivity contribution is 6.28. The van der Waals surface area contributed by atoms with Crippen molar-refractivity contribution in [2.75, 3.05) is 0 Å². The van der Waals surface area contributed by atoms with Crippen molar-refractivity contribution in [3.8, 4) is 57.1 Å². The van der Waals surface area contributed by atoms with Gasteiger partial charge in [0.25, 0.3) is 0 Å². The fraction of sp³-hybridized carbons (Fsp3) is 0. The lowest BCUT2D eigenvalue weighted by atomic mass is 9.90. The summed E-state index contributed by atoms with van der Waals surface area (Å²) in [5, 5.41) is 32.6. The van der Waals surface area contributed by atoms with Gasteiger partial charge in [0.1, 0.15) is 12.1 Å². The van der Waals surface area contributed by atoms with Crippen LogP contribution in [0.2, 0.25) is 0 Å². The lowest BCUT2D eigenvalue weighted by Crippen LogP contribution is -2.07. The molecule has 0 saturated carbocycles. The molecular formula is C68H40N6. The Morgan fingerprint density at radius 2 is 0.649 bits per heavy atom. The molecule has 4 aromatic heterocycles. The first-order chi connectivity index (χ1) is 36.7. The van der Waals surface area contributed by atoms with E-state index in [2.05, 4.69) is 243 Å². The number of nitrogens with zero attached hydrogens (tertiary/aromatic N) is 6. The van der Waals surface area contributed by atoms with Crippen LogP contribution in [0.25, 0.3) is 132 Å². The van der Waals surface area contributed by atoms with Crippen LogP contribution in [-0.2, 0) is 0 Å². The van der Waals surface area contributed by atoms with Crippen LogP contribution < -0.4 is 0 Å². The number of fused-ring (bicyclic) bond motifs is 14. The molecule has 0 N–H and O–H groups in total. The predicted octanol–water partition coefficient (Wildman–Crippen LogP) is 17.2. The van der Waals surface area contributed by atoms with E-state index in [1.165, 1.54) is 0 Å². The van der Waals surface area contributed by atoms with Crippen LogP contribution in [0.4, 0.5) is 0 Å². The molecule has 15 rings (SSSR count). The van der Waals surface area contributed by atoms with Crippen molar-refractivity contribution < 1.29 is 0 Å². The van der Waals surface area contributed by atoms with Crippen molar-refractivity contribution in [3.63, 3.8) is 0 Å². The van der Waals surface area contributed by atoms with Gasteiger partial charge in [0.2, 0.25) is 0 Å². The van der Waals surface area contributed by atoms with Crippen LogP contribution >= 0.6 is 0 Å². The molecule has 0 atom stereocenters. The summed E-state index contributed by atoms with van der Waals surface area (Å²) < 4.78 is 9.30. The van der Waals surface area contributed by atoms with E-state index in [1.54, 1.807) is 0 Å². The van der Waals surface area contributed by atoms with Gasteiger partial charge in [-0.05, 0) is 89.5 Å². The molecular weight excluding hydrogens is 901 g/mol. The molecule has 0 amide bonds. The third-order valence-corrected chi connectivity index (χ3v) is 15.2. The summed E-state index contributed by atoms with van der Waals surface area (Å²) >= 11 is 0. The van der Waals surface area contributed by atoms with Gasteiger partial charge >= 0.3 is 0 Å². The highest BCUT2D eigenvalue weighted by Gasteiger charge is 2.29. The first kappa shape index (κ1) is 41.4.